The minimum atomic E-state index is -0.443. The van der Waals surface area contributed by atoms with E-state index in [0.29, 0.717) is 6.42 Å². The summed E-state index contributed by atoms with van der Waals surface area (Å²) in [5.41, 5.74) is 2.86. The molecule has 0 aliphatic heterocycles. The van der Waals surface area contributed by atoms with Crippen LogP contribution in [0.2, 0.25) is 0 Å². The monoisotopic (exact) mass is 171 g/mol. The first-order valence-corrected chi connectivity index (χ1v) is 3.88. The zero-order valence-electron chi connectivity index (χ0n) is 8.23. The number of rotatable bonds is 4. The van der Waals surface area contributed by atoms with Crippen molar-refractivity contribution in [3.8, 4) is 0 Å². The van der Waals surface area contributed by atoms with Gasteiger partial charge in [0.15, 0.2) is 0 Å². The van der Waals surface area contributed by atoms with E-state index in [1.807, 2.05) is 20.8 Å². The third-order valence-corrected chi connectivity index (χ3v) is 1.55. The fraction of sp³-hybridized carbons (Fsp3) is 0.667. The Morgan fingerprint density at radius 2 is 2.08 bits per heavy atom. The molecule has 3 nitrogen and oxygen atoms in total. The summed E-state index contributed by atoms with van der Waals surface area (Å²) >= 11 is 0. The predicted molar refractivity (Wildman–Crippen MR) is 48.4 cm³/mol. The van der Waals surface area contributed by atoms with Crippen LogP contribution in [0.5, 0.6) is 0 Å². The van der Waals surface area contributed by atoms with E-state index in [1.165, 1.54) is 7.11 Å². The third kappa shape index (κ3) is 3.53. The number of nitrogens with one attached hydrogen (secondary N) is 1. The van der Waals surface area contributed by atoms with Crippen molar-refractivity contribution in [2.75, 3.05) is 7.11 Å². The SMILES string of the molecule is C=C(C)CC(C)(C)C(=O)NOC. The molecule has 1 N–H and O–H groups in total. The topological polar surface area (TPSA) is 38.3 Å². The van der Waals surface area contributed by atoms with E-state index < -0.39 is 5.41 Å². The maximum atomic E-state index is 11.3. The van der Waals surface area contributed by atoms with Gasteiger partial charge in [-0.05, 0) is 13.3 Å². The van der Waals surface area contributed by atoms with Crippen LogP contribution in [0.25, 0.3) is 0 Å². The Balaban J connectivity index is 4.18. The molecule has 0 aromatic heterocycles. The van der Waals surface area contributed by atoms with Crippen molar-refractivity contribution in [2.24, 2.45) is 5.41 Å². The molecule has 0 fully saturated rings. The van der Waals surface area contributed by atoms with Crippen LogP contribution in [0, 0.1) is 5.41 Å². The van der Waals surface area contributed by atoms with Gasteiger partial charge < -0.3 is 0 Å². The summed E-state index contributed by atoms with van der Waals surface area (Å²) in [5.74, 6) is -0.118. The fourth-order valence-corrected chi connectivity index (χ4v) is 1.07. The summed E-state index contributed by atoms with van der Waals surface area (Å²) in [5, 5.41) is 0. The molecule has 0 aliphatic carbocycles. The molecule has 3 heteroatoms. The second-order valence-electron chi connectivity index (χ2n) is 3.65. The Bertz CT molecular complexity index is 185. The molecule has 0 rings (SSSR count). The van der Waals surface area contributed by atoms with Crippen LogP contribution in [0.15, 0.2) is 12.2 Å². The first-order valence-electron chi connectivity index (χ1n) is 3.88. The third-order valence-electron chi connectivity index (χ3n) is 1.55. The van der Waals surface area contributed by atoms with Gasteiger partial charge in [0.25, 0.3) is 0 Å². The van der Waals surface area contributed by atoms with Gasteiger partial charge in [-0.25, -0.2) is 5.48 Å². The van der Waals surface area contributed by atoms with Crippen molar-refractivity contribution in [1.82, 2.24) is 5.48 Å². The lowest BCUT2D eigenvalue weighted by Gasteiger charge is -2.22. The lowest BCUT2D eigenvalue weighted by Crippen LogP contribution is -2.36. The first-order chi connectivity index (χ1) is 5.40. The molecule has 70 valence electrons. The lowest BCUT2D eigenvalue weighted by atomic mass is 9.86. The normalized spacial score (nSPS) is 11.0. The van der Waals surface area contributed by atoms with Crippen LogP contribution in [0.4, 0.5) is 0 Å². The van der Waals surface area contributed by atoms with E-state index in [-0.39, 0.29) is 5.91 Å². The molecule has 0 bridgehead atoms. The average molecular weight is 171 g/mol. The van der Waals surface area contributed by atoms with Gasteiger partial charge in [0.2, 0.25) is 5.91 Å². The molecule has 0 saturated heterocycles. The molecule has 0 aliphatic rings. The number of amides is 1. The van der Waals surface area contributed by atoms with Crippen molar-refractivity contribution >= 4 is 5.91 Å². The van der Waals surface area contributed by atoms with Crippen molar-refractivity contribution < 1.29 is 9.63 Å². The van der Waals surface area contributed by atoms with E-state index in [0.717, 1.165) is 5.57 Å². The number of hydroxylamine groups is 1. The second kappa shape index (κ2) is 4.26. The van der Waals surface area contributed by atoms with Crippen molar-refractivity contribution in [1.29, 1.82) is 0 Å². The van der Waals surface area contributed by atoms with E-state index in [9.17, 15) is 4.79 Å². The standard InChI is InChI=1S/C9H17NO2/c1-7(2)6-9(3,4)8(11)10-12-5/h1,6H2,2-5H3,(H,10,11). The van der Waals surface area contributed by atoms with Crippen LogP contribution in [0.1, 0.15) is 27.2 Å². The van der Waals surface area contributed by atoms with Gasteiger partial charge in [-0.3, -0.25) is 9.63 Å². The quantitative estimate of drug-likeness (QED) is 0.516. The molecule has 0 aromatic carbocycles. The summed E-state index contributed by atoms with van der Waals surface area (Å²) in [7, 11) is 1.43. The Labute approximate surface area is 73.7 Å². The zero-order chi connectivity index (χ0) is 9.78. The molecular formula is C9H17NO2. The predicted octanol–water partition coefficient (Wildman–Crippen LogP) is 1.66. The number of carbonyl (C=O) groups is 1. The maximum absolute atomic E-state index is 11.3. The molecule has 0 radical (unpaired) electrons. The summed E-state index contributed by atoms with van der Waals surface area (Å²) in [6, 6.07) is 0. The molecule has 12 heavy (non-hydrogen) atoms. The zero-order valence-corrected chi connectivity index (χ0v) is 8.23. The highest BCUT2D eigenvalue weighted by molar-refractivity contribution is 5.81. The van der Waals surface area contributed by atoms with Gasteiger partial charge in [-0.2, -0.15) is 0 Å². The Hall–Kier alpha value is -0.830. The van der Waals surface area contributed by atoms with Crippen LogP contribution in [-0.2, 0) is 9.63 Å². The van der Waals surface area contributed by atoms with E-state index in [2.05, 4.69) is 16.9 Å². The molecule has 0 unspecified atom stereocenters. The Morgan fingerprint density at radius 1 is 1.58 bits per heavy atom. The van der Waals surface area contributed by atoms with Gasteiger partial charge in [0, 0.05) is 5.41 Å². The highest BCUT2D eigenvalue weighted by Crippen LogP contribution is 2.24. The summed E-state index contributed by atoms with van der Waals surface area (Å²) in [6.07, 6.45) is 0.669. The fourth-order valence-electron chi connectivity index (χ4n) is 1.07. The molecule has 0 atom stereocenters. The number of hydrogen-bond acceptors (Lipinski definition) is 2. The maximum Gasteiger partial charge on any atom is 0.249 e. The van der Waals surface area contributed by atoms with Crippen molar-refractivity contribution in [2.45, 2.75) is 27.2 Å². The molecule has 0 saturated carbocycles. The Morgan fingerprint density at radius 3 is 2.42 bits per heavy atom. The van der Waals surface area contributed by atoms with Gasteiger partial charge in [0.1, 0.15) is 0 Å². The number of hydrogen-bond donors (Lipinski definition) is 1. The van der Waals surface area contributed by atoms with Gasteiger partial charge in [-0.1, -0.05) is 19.4 Å². The van der Waals surface area contributed by atoms with Crippen LogP contribution < -0.4 is 5.48 Å². The lowest BCUT2D eigenvalue weighted by molar-refractivity contribution is -0.140. The molecule has 0 heterocycles. The highest BCUT2D eigenvalue weighted by atomic mass is 16.6. The average Bonchev–Trinajstić information content (AvgIpc) is 1.85. The highest BCUT2D eigenvalue weighted by Gasteiger charge is 2.27. The van der Waals surface area contributed by atoms with E-state index in [4.69, 9.17) is 0 Å². The number of allylic oxidation sites excluding steroid dienone is 1. The molecular weight excluding hydrogens is 154 g/mol. The minimum Gasteiger partial charge on any atom is -0.277 e. The van der Waals surface area contributed by atoms with Gasteiger partial charge in [-0.15, -0.1) is 6.58 Å². The molecule has 1 amide bonds. The van der Waals surface area contributed by atoms with Crippen LogP contribution in [0.3, 0.4) is 0 Å². The van der Waals surface area contributed by atoms with Gasteiger partial charge >= 0.3 is 0 Å². The number of carbonyl (C=O) groups excluding carboxylic acids is 1. The summed E-state index contributed by atoms with van der Waals surface area (Å²) < 4.78 is 0. The Kier molecular flexibility index (Phi) is 3.96. The molecule has 0 aromatic rings. The van der Waals surface area contributed by atoms with Crippen molar-refractivity contribution in [3.63, 3.8) is 0 Å². The van der Waals surface area contributed by atoms with Crippen LogP contribution >= 0.6 is 0 Å². The molecule has 0 spiro atoms. The smallest absolute Gasteiger partial charge is 0.249 e. The first kappa shape index (κ1) is 11.2. The van der Waals surface area contributed by atoms with E-state index in [1.54, 1.807) is 0 Å². The van der Waals surface area contributed by atoms with E-state index >= 15 is 0 Å². The summed E-state index contributed by atoms with van der Waals surface area (Å²) in [6.45, 7) is 9.38. The van der Waals surface area contributed by atoms with Gasteiger partial charge in [0.05, 0.1) is 7.11 Å². The van der Waals surface area contributed by atoms with Crippen molar-refractivity contribution in [3.05, 3.63) is 12.2 Å². The largest absolute Gasteiger partial charge is 0.277 e. The second-order valence-corrected chi connectivity index (χ2v) is 3.65. The summed E-state index contributed by atoms with van der Waals surface area (Å²) in [4.78, 5) is 15.9. The van der Waals surface area contributed by atoms with Crippen LogP contribution in [-0.4, -0.2) is 13.0 Å². The minimum absolute atomic E-state index is 0.118.